The summed E-state index contributed by atoms with van der Waals surface area (Å²) in [5.74, 6) is 1.24. The molecule has 26 heavy (non-hydrogen) atoms. The molecule has 4 rings (SSSR count). The molecule has 3 aromatic heterocycles. The minimum atomic E-state index is -0.0133. The Kier molecular flexibility index (Phi) is 4.68. The summed E-state index contributed by atoms with van der Waals surface area (Å²) >= 11 is 0. The topological polar surface area (TPSA) is 76.8 Å². The van der Waals surface area contributed by atoms with Crippen LogP contribution >= 0.6 is 0 Å². The second kappa shape index (κ2) is 7.43. The molecule has 0 radical (unpaired) electrons. The maximum absolute atomic E-state index is 12.4. The molecule has 1 aliphatic rings. The van der Waals surface area contributed by atoms with Crippen molar-refractivity contribution >= 4 is 5.95 Å². The van der Waals surface area contributed by atoms with E-state index in [9.17, 15) is 4.79 Å². The number of piperidine rings is 1. The molecule has 1 aliphatic heterocycles. The molecule has 0 spiro atoms. The van der Waals surface area contributed by atoms with Crippen LogP contribution < -0.4 is 10.5 Å². The summed E-state index contributed by atoms with van der Waals surface area (Å²) in [5, 5.41) is 0. The lowest BCUT2D eigenvalue weighted by Crippen LogP contribution is -2.37. The molecule has 7 nitrogen and oxygen atoms in total. The average Bonchev–Trinajstić information content (AvgIpc) is 2.71. The fourth-order valence-electron chi connectivity index (χ4n) is 3.29. The molecule has 7 heteroatoms. The van der Waals surface area contributed by atoms with Gasteiger partial charge in [-0.25, -0.2) is 15.0 Å². The third kappa shape index (κ3) is 3.61. The van der Waals surface area contributed by atoms with Crippen molar-refractivity contribution in [2.75, 3.05) is 18.0 Å². The van der Waals surface area contributed by atoms with Gasteiger partial charge in [0.1, 0.15) is 0 Å². The van der Waals surface area contributed by atoms with Gasteiger partial charge in [-0.05, 0) is 37.0 Å². The van der Waals surface area contributed by atoms with Crippen LogP contribution in [0.5, 0.6) is 0 Å². The van der Waals surface area contributed by atoms with Gasteiger partial charge in [-0.3, -0.25) is 14.3 Å². The fraction of sp³-hybridized carbons (Fsp3) is 0.316. The van der Waals surface area contributed by atoms with Crippen LogP contribution in [-0.2, 0) is 6.54 Å². The smallest absolute Gasteiger partial charge is 0.253 e. The fourth-order valence-corrected chi connectivity index (χ4v) is 3.29. The van der Waals surface area contributed by atoms with Crippen molar-refractivity contribution in [1.29, 1.82) is 0 Å². The van der Waals surface area contributed by atoms with Crippen LogP contribution in [0.1, 0.15) is 12.8 Å². The van der Waals surface area contributed by atoms with E-state index in [2.05, 4.69) is 24.8 Å². The second-order valence-corrected chi connectivity index (χ2v) is 6.48. The highest BCUT2D eigenvalue weighted by Gasteiger charge is 2.21. The second-order valence-electron chi connectivity index (χ2n) is 6.48. The summed E-state index contributed by atoms with van der Waals surface area (Å²) in [6.07, 6.45) is 10.6. The van der Waals surface area contributed by atoms with E-state index in [1.54, 1.807) is 41.7 Å². The van der Waals surface area contributed by atoms with Gasteiger partial charge in [0, 0.05) is 56.1 Å². The molecule has 0 aliphatic carbocycles. The molecule has 132 valence electrons. The summed E-state index contributed by atoms with van der Waals surface area (Å²) in [6, 6.07) is 7.13. The van der Waals surface area contributed by atoms with Crippen molar-refractivity contribution in [3.63, 3.8) is 0 Å². The summed E-state index contributed by atoms with van der Waals surface area (Å²) in [6.45, 7) is 2.52. The highest BCUT2D eigenvalue weighted by Crippen LogP contribution is 2.21. The monoisotopic (exact) mass is 348 g/mol. The predicted molar refractivity (Wildman–Crippen MR) is 98.7 cm³/mol. The van der Waals surface area contributed by atoms with Crippen molar-refractivity contribution in [1.82, 2.24) is 24.5 Å². The highest BCUT2D eigenvalue weighted by atomic mass is 16.1. The maximum atomic E-state index is 12.4. The number of nitrogens with zero attached hydrogens (tertiary/aromatic N) is 6. The van der Waals surface area contributed by atoms with Gasteiger partial charge in [-0.1, -0.05) is 0 Å². The van der Waals surface area contributed by atoms with Crippen LogP contribution in [-0.4, -0.2) is 37.6 Å². The van der Waals surface area contributed by atoms with Crippen LogP contribution in [0.4, 0.5) is 5.95 Å². The van der Waals surface area contributed by atoms with Crippen LogP contribution in [0.2, 0.25) is 0 Å². The van der Waals surface area contributed by atoms with E-state index >= 15 is 0 Å². The minimum Gasteiger partial charge on any atom is -0.341 e. The van der Waals surface area contributed by atoms with Crippen molar-refractivity contribution in [2.24, 2.45) is 5.92 Å². The van der Waals surface area contributed by atoms with Crippen LogP contribution in [0.25, 0.3) is 11.3 Å². The van der Waals surface area contributed by atoms with Crippen molar-refractivity contribution in [3.05, 3.63) is 65.7 Å². The van der Waals surface area contributed by atoms with Crippen molar-refractivity contribution in [3.8, 4) is 11.3 Å². The molecule has 0 atom stereocenters. The van der Waals surface area contributed by atoms with Gasteiger partial charge in [0.2, 0.25) is 5.95 Å². The molecule has 3 aromatic rings. The zero-order valence-corrected chi connectivity index (χ0v) is 14.4. The quantitative estimate of drug-likeness (QED) is 0.718. The molecule has 0 amide bonds. The average molecular weight is 348 g/mol. The van der Waals surface area contributed by atoms with Gasteiger partial charge >= 0.3 is 0 Å². The molecular weight excluding hydrogens is 328 g/mol. The maximum Gasteiger partial charge on any atom is 0.253 e. The Labute approximate surface area is 151 Å². The molecule has 1 fully saturated rings. The van der Waals surface area contributed by atoms with E-state index in [1.807, 2.05) is 18.2 Å². The minimum absolute atomic E-state index is 0.0133. The Hall–Kier alpha value is -3.09. The number of pyridine rings is 1. The first-order chi connectivity index (χ1) is 12.8. The first-order valence-corrected chi connectivity index (χ1v) is 8.78. The summed E-state index contributed by atoms with van der Waals surface area (Å²) in [4.78, 5) is 31.7. The molecule has 4 heterocycles. The molecule has 0 N–H and O–H groups in total. The first kappa shape index (κ1) is 16.4. The first-order valence-electron chi connectivity index (χ1n) is 8.78. The van der Waals surface area contributed by atoms with Crippen LogP contribution in [0, 0.1) is 5.92 Å². The third-order valence-electron chi connectivity index (χ3n) is 4.76. The zero-order chi connectivity index (χ0) is 17.8. The van der Waals surface area contributed by atoms with Crippen LogP contribution in [0.3, 0.4) is 0 Å². The van der Waals surface area contributed by atoms with Gasteiger partial charge in [0.05, 0.1) is 12.0 Å². The third-order valence-corrected chi connectivity index (χ3v) is 4.76. The van der Waals surface area contributed by atoms with Crippen molar-refractivity contribution < 1.29 is 0 Å². The summed E-state index contributed by atoms with van der Waals surface area (Å²) in [7, 11) is 0. The Morgan fingerprint density at radius 1 is 1.00 bits per heavy atom. The lowest BCUT2D eigenvalue weighted by molar-refractivity contribution is 0.349. The molecule has 1 saturated heterocycles. The number of rotatable bonds is 4. The van der Waals surface area contributed by atoms with Gasteiger partial charge < -0.3 is 4.90 Å². The Morgan fingerprint density at radius 3 is 2.42 bits per heavy atom. The van der Waals surface area contributed by atoms with E-state index in [0.29, 0.717) is 18.2 Å². The molecule has 0 bridgehead atoms. The molecule has 0 unspecified atom stereocenters. The van der Waals surface area contributed by atoms with Gasteiger partial charge in [-0.2, -0.15) is 0 Å². The predicted octanol–water partition coefficient (Wildman–Crippen LogP) is 2.01. The Morgan fingerprint density at radius 2 is 1.73 bits per heavy atom. The number of anilines is 1. The summed E-state index contributed by atoms with van der Waals surface area (Å²) < 4.78 is 1.71. The van der Waals surface area contributed by atoms with E-state index in [4.69, 9.17) is 0 Å². The largest absolute Gasteiger partial charge is 0.341 e. The van der Waals surface area contributed by atoms with Crippen LogP contribution in [0.15, 0.2) is 60.2 Å². The lowest BCUT2D eigenvalue weighted by atomic mass is 9.97. The normalized spacial score (nSPS) is 15.2. The molecule has 0 aromatic carbocycles. The number of hydrogen-bond donors (Lipinski definition) is 0. The Balaban J connectivity index is 1.40. The van der Waals surface area contributed by atoms with Gasteiger partial charge in [-0.15, -0.1) is 0 Å². The standard InChI is InChI=1S/C19H20N6O/c26-18-12-17(16-2-8-20-9-3-16)23-14-25(18)13-15-4-10-24(11-5-15)19-21-6-1-7-22-19/h1-3,6-9,12,14-15H,4-5,10-11,13H2. The summed E-state index contributed by atoms with van der Waals surface area (Å²) in [5.41, 5.74) is 1.57. The van der Waals surface area contributed by atoms with Crippen molar-refractivity contribution in [2.45, 2.75) is 19.4 Å². The van der Waals surface area contributed by atoms with E-state index in [-0.39, 0.29) is 5.56 Å². The van der Waals surface area contributed by atoms with E-state index in [0.717, 1.165) is 37.4 Å². The van der Waals surface area contributed by atoms with E-state index in [1.165, 1.54) is 0 Å². The Bertz CT molecular complexity index is 904. The SMILES string of the molecule is O=c1cc(-c2ccncc2)ncn1CC1CCN(c2ncccn2)CC1. The van der Waals surface area contributed by atoms with Gasteiger partial charge in [0.15, 0.2) is 0 Å². The highest BCUT2D eigenvalue weighted by molar-refractivity contribution is 5.57. The zero-order valence-electron chi connectivity index (χ0n) is 14.4. The molecular formula is C19H20N6O. The number of aromatic nitrogens is 5. The molecule has 0 saturated carbocycles. The van der Waals surface area contributed by atoms with E-state index < -0.39 is 0 Å². The number of hydrogen-bond acceptors (Lipinski definition) is 6. The van der Waals surface area contributed by atoms with Gasteiger partial charge in [0.25, 0.3) is 5.56 Å². The lowest BCUT2D eigenvalue weighted by Gasteiger charge is -2.32.